The monoisotopic (exact) mass is 430 g/mol. The molecule has 2 aliphatic rings. The number of aromatic nitrogens is 1. The molecule has 172 valence electrons. The van der Waals surface area contributed by atoms with Crippen LogP contribution in [0.2, 0.25) is 0 Å². The number of pyridine rings is 1. The molecule has 0 saturated carbocycles. The van der Waals surface area contributed by atoms with Crippen molar-refractivity contribution in [3.05, 3.63) is 23.4 Å². The number of likely N-dealkylation sites (tertiary alicyclic amines) is 1. The van der Waals surface area contributed by atoms with Gasteiger partial charge in [0, 0.05) is 24.3 Å². The smallest absolute Gasteiger partial charge is 0.326 e. The van der Waals surface area contributed by atoms with Crippen molar-refractivity contribution in [1.29, 1.82) is 0 Å². The summed E-state index contributed by atoms with van der Waals surface area (Å²) in [6.07, 6.45) is 10.8. The highest BCUT2D eigenvalue weighted by Crippen LogP contribution is 2.24. The van der Waals surface area contributed by atoms with Gasteiger partial charge in [-0.2, -0.15) is 0 Å². The Hall–Kier alpha value is -2.31. The Morgan fingerprint density at radius 1 is 1.16 bits per heavy atom. The second-order valence-electron chi connectivity index (χ2n) is 9.17. The lowest BCUT2D eigenvalue weighted by molar-refractivity contribution is -0.139. The number of hydrogen-bond donors (Lipinski definition) is 3. The predicted molar refractivity (Wildman–Crippen MR) is 122 cm³/mol. The van der Waals surface area contributed by atoms with Gasteiger partial charge in [0.1, 0.15) is 11.9 Å². The molecule has 1 aromatic heterocycles. The number of rotatable bonds is 10. The minimum absolute atomic E-state index is 0.171. The van der Waals surface area contributed by atoms with Crippen molar-refractivity contribution < 1.29 is 14.7 Å². The Kier molecular flexibility index (Phi) is 8.55. The second kappa shape index (κ2) is 11.3. The van der Waals surface area contributed by atoms with Gasteiger partial charge in [0.05, 0.1) is 0 Å². The van der Waals surface area contributed by atoms with Crippen LogP contribution in [0.5, 0.6) is 0 Å². The molecule has 2 amide bonds. The van der Waals surface area contributed by atoms with Gasteiger partial charge in [-0.1, -0.05) is 31.7 Å². The van der Waals surface area contributed by atoms with Crippen molar-refractivity contribution in [2.75, 3.05) is 11.9 Å². The number of anilines is 1. The number of unbranched alkanes of at least 4 members (excludes halogenated alkanes) is 4. The van der Waals surface area contributed by atoms with Gasteiger partial charge in [0.2, 0.25) is 0 Å². The van der Waals surface area contributed by atoms with Crippen LogP contribution in [0.4, 0.5) is 10.6 Å². The number of carboxylic acid groups (broad SMARTS) is 1. The normalized spacial score (nSPS) is 21.3. The number of nitrogens with one attached hydrogen (secondary N) is 2. The number of urea groups is 1. The number of carboxylic acids is 1. The summed E-state index contributed by atoms with van der Waals surface area (Å²) in [6.45, 7) is 5.06. The molecular formula is C24H38N4O3. The third kappa shape index (κ3) is 6.58. The largest absolute Gasteiger partial charge is 0.480 e. The molecule has 3 atom stereocenters. The van der Waals surface area contributed by atoms with Crippen molar-refractivity contribution in [3.63, 3.8) is 0 Å². The minimum atomic E-state index is -0.944. The highest BCUT2D eigenvalue weighted by atomic mass is 16.4. The lowest BCUT2D eigenvalue weighted by atomic mass is 10.0. The van der Waals surface area contributed by atoms with E-state index in [1.54, 1.807) is 4.90 Å². The summed E-state index contributed by atoms with van der Waals surface area (Å²) >= 11 is 0. The van der Waals surface area contributed by atoms with Crippen molar-refractivity contribution in [3.8, 4) is 0 Å². The van der Waals surface area contributed by atoms with E-state index < -0.39 is 12.0 Å². The van der Waals surface area contributed by atoms with E-state index in [1.807, 2.05) is 13.8 Å². The van der Waals surface area contributed by atoms with Gasteiger partial charge in [-0.3, -0.25) is 0 Å². The summed E-state index contributed by atoms with van der Waals surface area (Å²) in [6, 6.07) is 3.65. The van der Waals surface area contributed by atoms with E-state index in [0.29, 0.717) is 6.42 Å². The van der Waals surface area contributed by atoms with Crippen LogP contribution in [0, 0.1) is 0 Å². The molecule has 0 spiro atoms. The molecule has 7 heteroatoms. The Bertz CT molecular complexity index is 744. The molecule has 3 heterocycles. The highest BCUT2D eigenvalue weighted by molar-refractivity contribution is 5.83. The molecule has 0 radical (unpaired) electrons. The van der Waals surface area contributed by atoms with Gasteiger partial charge in [0.15, 0.2) is 0 Å². The molecule has 2 aliphatic heterocycles. The van der Waals surface area contributed by atoms with Crippen LogP contribution in [-0.2, 0) is 17.6 Å². The van der Waals surface area contributed by atoms with Gasteiger partial charge in [-0.05, 0) is 70.4 Å². The van der Waals surface area contributed by atoms with E-state index in [-0.39, 0.29) is 18.1 Å². The maximum Gasteiger partial charge on any atom is 0.326 e. The first kappa shape index (κ1) is 23.4. The SMILES string of the molecule is CC1CCC(C)N1C(=O)NC(CCCCCCCc1ccc2c(n1)NCCC2)C(=O)O. The fourth-order valence-corrected chi connectivity index (χ4v) is 4.77. The summed E-state index contributed by atoms with van der Waals surface area (Å²) in [5.74, 6) is 0.114. The number of carbonyl (C=O) groups excluding carboxylic acids is 1. The van der Waals surface area contributed by atoms with Gasteiger partial charge in [-0.25, -0.2) is 14.6 Å². The Labute approximate surface area is 186 Å². The molecule has 7 nitrogen and oxygen atoms in total. The standard InChI is InChI=1S/C24H38N4O3/c1-17-12-13-18(2)28(17)24(31)27-21(23(29)30)11-7-5-3-4-6-10-20-15-14-19-9-8-16-25-22(19)26-20/h14-15,17-18,21H,3-13,16H2,1-2H3,(H,25,26)(H,27,31)(H,29,30). The Balaban J connectivity index is 1.31. The van der Waals surface area contributed by atoms with E-state index in [1.165, 1.54) is 12.0 Å². The van der Waals surface area contributed by atoms with Crippen LogP contribution in [0.3, 0.4) is 0 Å². The quantitative estimate of drug-likeness (QED) is 0.480. The number of aryl methyl sites for hydroxylation is 2. The topological polar surface area (TPSA) is 94.6 Å². The first-order valence-electron chi connectivity index (χ1n) is 12.0. The fraction of sp³-hybridized carbons (Fsp3) is 0.708. The number of fused-ring (bicyclic) bond motifs is 1. The van der Waals surface area contributed by atoms with E-state index in [9.17, 15) is 14.7 Å². The average Bonchev–Trinajstić information content (AvgIpc) is 3.09. The molecule has 1 saturated heterocycles. The zero-order chi connectivity index (χ0) is 22.2. The zero-order valence-electron chi connectivity index (χ0n) is 19.0. The van der Waals surface area contributed by atoms with Gasteiger partial charge < -0.3 is 20.6 Å². The van der Waals surface area contributed by atoms with Crippen LogP contribution in [-0.4, -0.2) is 51.7 Å². The molecule has 0 aromatic carbocycles. The summed E-state index contributed by atoms with van der Waals surface area (Å²) < 4.78 is 0. The van der Waals surface area contributed by atoms with Crippen molar-refractivity contribution in [1.82, 2.24) is 15.2 Å². The summed E-state index contributed by atoms with van der Waals surface area (Å²) in [7, 11) is 0. The lowest BCUT2D eigenvalue weighted by Crippen LogP contribution is -2.50. The maximum absolute atomic E-state index is 12.5. The number of amides is 2. The molecule has 0 aliphatic carbocycles. The lowest BCUT2D eigenvalue weighted by Gasteiger charge is -2.28. The third-order valence-corrected chi connectivity index (χ3v) is 6.66. The molecule has 0 bridgehead atoms. The minimum Gasteiger partial charge on any atom is -0.480 e. The van der Waals surface area contributed by atoms with Gasteiger partial charge >= 0.3 is 12.0 Å². The number of carbonyl (C=O) groups is 2. The van der Waals surface area contributed by atoms with Crippen LogP contribution < -0.4 is 10.6 Å². The molecule has 3 unspecified atom stereocenters. The van der Waals surface area contributed by atoms with Crippen molar-refractivity contribution in [2.45, 2.75) is 103 Å². The maximum atomic E-state index is 12.5. The summed E-state index contributed by atoms with van der Waals surface area (Å²) in [5, 5.41) is 15.6. The molecular weight excluding hydrogens is 392 g/mol. The Morgan fingerprint density at radius 2 is 1.87 bits per heavy atom. The van der Waals surface area contributed by atoms with E-state index >= 15 is 0 Å². The van der Waals surface area contributed by atoms with Crippen molar-refractivity contribution >= 4 is 17.8 Å². The first-order chi connectivity index (χ1) is 15.0. The van der Waals surface area contributed by atoms with Gasteiger partial charge in [-0.15, -0.1) is 0 Å². The average molecular weight is 431 g/mol. The number of nitrogens with zero attached hydrogens (tertiary/aromatic N) is 2. The summed E-state index contributed by atoms with van der Waals surface area (Å²) in [5.41, 5.74) is 2.47. The first-order valence-corrected chi connectivity index (χ1v) is 12.0. The molecule has 1 fully saturated rings. The highest BCUT2D eigenvalue weighted by Gasteiger charge is 2.33. The second-order valence-corrected chi connectivity index (χ2v) is 9.17. The molecule has 3 N–H and O–H groups in total. The van der Waals surface area contributed by atoms with Gasteiger partial charge in [0.25, 0.3) is 0 Å². The molecule has 3 rings (SSSR count). The zero-order valence-corrected chi connectivity index (χ0v) is 19.0. The van der Waals surface area contributed by atoms with Crippen LogP contribution in [0.15, 0.2) is 12.1 Å². The van der Waals surface area contributed by atoms with E-state index in [0.717, 1.165) is 75.8 Å². The Morgan fingerprint density at radius 3 is 2.61 bits per heavy atom. The predicted octanol–water partition coefficient (Wildman–Crippen LogP) is 4.36. The van der Waals surface area contributed by atoms with Crippen LogP contribution >= 0.6 is 0 Å². The number of hydrogen-bond acceptors (Lipinski definition) is 4. The van der Waals surface area contributed by atoms with E-state index in [2.05, 4.69) is 22.8 Å². The summed E-state index contributed by atoms with van der Waals surface area (Å²) in [4.78, 5) is 30.6. The van der Waals surface area contributed by atoms with E-state index in [4.69, 9.17) is 4.98 Å². The number of aliphatic carboxylic acids is 1. The van der Waals surface area contributed by atoms with Crippen LogP contribution in [0.25, 0.3) is 0 Å². The molecule has 31 heavy (non-hydrogen) atoms. The van der Waals surface area contributed by atoms with Crippen molar-refractivity contribution in [2.24, 2.45) is 0 Å². The molecule has 1 aromatic rings. The van der Waals surface area contributed by atoms with Crippen LogP contribution in [0.1, 0.15) is 82.9 Å². The fourth-order valence-electron chi connectivity index (χ4n) is 4.77. The third-order valence-electron chi connectivity index (χ3n) is 6.66.